The van der Waals surface area contributed by atoms with Crippen molar-refractivity contribution in [2.45, 2.75) is 0 Å². The number of benzene rings is 2. The fourth-order valence-corrected chi connectivity index (χ4v) is 2.14. The van der Waals surface area contributed by atoms with Crippen LogP contribution in [0.5, 0.6) is 17.2 Å². The Labute approximate surface area is 139 Å². The third-order valence-corrected chi connectivity index (χ3v) is 3.14. The zero-order chi connectivity index (χ0) is 17.2. The first kappa shape index (κ1) is 18.0. The van der Waals surface area contributed by atoms with Crippen LogP contribution >= 0.6 is 0 Å². The summed E-state index contributed by atoms with van der Waals surface area (Å²) in [5.41, 5.74) is 1.57. The molecule has 3 nitrogen and oxygen atoms in total. The molecular weight excluding hydrogens is 321 g/mol. The van der Waals surface area contributed by atoms with E-state index in [2.05, 4.69) is 0 Å². The van der Waals surface area contributed by atoms with E-state index in [1.807, 2.05) is 0 Å². The molecule has 0 spiro atoms. The predicted molar refractivity (Wildman–Crippen MR) is 86.3 cm³/mol. The molecule has 0 amide bonds. The van der Waals surface area contributed by atoms with Gasteiger partial charge in [-0.2, -0.15) is 0 Å². The van der Waals surface area contributed by atoms with Crippen LogP contribution in [0.1, 0.15) is 0 Å². The molecule has 0 heterocycles. The maximum Gasteiger partial charge on any atom is 0.130 e. The Bertz CT molecular complexity index is 617. The molecule has 6 heteroatoms. The van der Waals surface area contributed by atoms with Crippen LogP contribution in [-0.4, -0.2) is 39.8 Å². The smallest absolute Gasteiger partial charge is 0.130 e. The van der Waals surface area contributed by atoms with Crippen LogP contribution in [0.2, 0.25) is 0 Å². The summed E-state index contributed by atoms with van der Waals surface area (Å²) < 4.78 is 52.6. The lowest BCUT2D eigenvalue weighted by molar-refractivity contribution is 0.262. The van der Waals surface area contributed by atoms with Gasteiger partial charge in [0.25, 0.3) is 0 Å². The molecule has 0 N–H and O–H groups in total. The van der Waals surface area contributed by atoms with Crippen molar-refractivity contribution in [1.82, 2.24) is 0 Å². The molecule has 0 atom stereocenters. The molecule has 2 aromatic carbocycles. The standard InChI is InChI=1S/C18H19F3O3/c19-7-10-22-15-3-1-14(2-4-15)17-6-5-16(23-11-8-20)13-18(17)24-12-9-21/h1-6,13H,7-12H2. The molecule has 0 aliphatic heterocycles. The molecule has 0 aromatic heterocycles. The molecule has 0 bridgehead atoms. The third-order valence-electron chi connectivity index (χ3n) is 3.14. The Balaban J connectivity index is 2.23. The van der Waals surface area contributed by atoms with E-state index in [9.17, 15) is 13.2 Å². The van der Waals surface area contributed by atoms with Crippen LogP contribution < -0.4 is 14.2 Å². The number of alkyl halides is 3. The van der Waals surface area contributed by atoms with E-state index in [0.717, 1.165) is 11.1 Å². The first-order valence-electron chi connectivity index (χ1n) is 7.59. The Morgan fingerprint density at radius 3 is 1.79 bits per heavy atom. The van der Waals surface area contributed by atoms with E-state index < -0.39 is 20.0 Å². The first-order chi connectivity index (χ1) is 11.8. The average Bonchev–Trinajstić information content (AvgIpc) is 2.63. The maximum absolute atomic E-state index is 12.4. The van der Waals surface area contributed by atoms with Crippen LogP contribution in [-0.2, 0) is 0 Å². The highest BCUT2D eigenvalue weighted by Gasteiger charge is 2.09. The summed E-state index contributed by atoms with van der Waals surface area (Å²) >= 11 is 0. The summed E-state index contributed by atoms with van der Waals surface area (Å²) in [6.45, 7) is -1.90. The van der Waals surface area contributed by atoms with E-state index in [-0.39, 0.29) is 19.8 Å². The summed E-state index contributed by atoms with van der Waals surface area (Å²) in [7, 11) is 0. The lowest BCUT2D eigenvalue weighted by Crippen LogP contribution is -2.02. The van der Waals surface area contributed by atoms with Gasteiger partial charge < -0.3 is 14.2 Å². The molecule has 24 heavy (non-hydrogen) atoms. The first-order valence-corrected chi connectivity index (χ1v) is 7.59. The van der Waals surface area contributed by atoms with Crippen LogP contribution in [0.25, 0.3) is 11.1 Å². The van der Waals surface area contributed by atoms with Crippen molar-refractivity contribution in [2.24, 2.45) is 0 Å². The van der Waals surface area contributed by atoms with Crippen molar-refractivity contribution < 1.29 is 27.4 Å². The SMILES string of the molecule is FCCOc1ccc(-c2ccc(OCCF)cc2OCCF)cc1. The molecule has 2 rings (SSSR count). The van der Waals surface area contributed by atoms with Crippen LogP contribution in [0.4, 0.5) is 13.2 Å². The van der Waals surface area contributed by atoms with Crippen LogP contribution in [0, 0.1) is 0 Å². The lowest BCUT2D eigenvalue weighted by atomic mass is 10.0. The van der Waals surface area contributed by atoms with Crippen molar-refractivity contribution in [3.63, 3.8) is 0 Å². The zero-order valence-corrected chi connectivity index (χ0v) is 13.1. The molecular formula is C18H19F3O3. The monoisotopic (exact) mass is 340 g/mol. The van der Waals surface area contributed by atoms with Crippen molar-refractivity contribution in [3.8, 4) is 28.4 Å². The Hall–Kier alpha value is -2.37. The molecule has 0 unspecified atom stereocenters. The zero-order valence-electron chi connectivity index (χ0n) is 13.1. The van der Waals surface area contributed by atoms with Gasteiger partial charge in [0, 0.05) is 11.6 Å². The van der Waals surface area contributed by atoms with Crippen LogP contribution in [0.3, 0.4) is 0 Å². The van der Waals surface area contributed by atoms with Gasteiger partial charge in [-0.3, -0.25) is 0 Å². The fraction of sp³-hybridized carbons (Fsp3) is 0.333. The Morgan fingerprint density at radius 2 is 1.17 bits per heavy atom. The number of halogens is 3. The predicted octanol–water partition coefficient (Wildman–Crippen LogP) is 4.40. The second-order valence-electron chi connectivity index (χ2n) is 4.79. The summed E-state index contributed by atoms with van der Waals surface area (Å²) in [5, 5.41) is 0. The van der Waals surface area contributed by atoms with E-state index >= 15 is 0 Å². The second-order valence-corrected chi connectivity index (χ2v) is 4.79. The molecule has 0 saturated carbocycles. The molecule has 2 aromatic rings. The Morgan fingerprint density at radius 1 is 0.625 bits per heavy atom. The minimum absolute atomic E-state index is 0.00478. The minimum Gasteiger partial charge on any atom is -0.491 e. The van der Waals surface area contributed by atoms with Crippen molar-refractivity contribution in [3.05, 3.63) is 42.5 Å². The van der Waals surface area contributed by atoms with Crippen molar-refractivity contribution in [2.75, 3.05) is 39.8 Å². The largest absolute Gasteiger partial charge is 0.491 e. The highest BCUT2D eigenvalue weighted by Crippen LogP contribution is 2.34. The second kappa shape index (κ2) is 9.70. The summed E-state index contributed by atoms with van der Waals surface area (Å²) in [6.07, 6.45) is 0. The number of ether oxygens (including phenoxy) is 3. The molecule has 0 aliphatic carbocycles. The van der Waals surface area contributed by atoms with Gasteiger partial charge in [-0.15, -0.1) is 0 Å². The average molecular weight is 340 g/mol. The van der Waals surface area contributed by atoms with Crippen LogP contribution in [0.15, 0.2) is 42.5 Å². The lowest BCUT2D eigenvalue weighted by Gasteiger charge is -2.13. The highest BCUT2D eigenvalue weighted by atomic mass is 19.1. The third kappa shape index (κ3) is 5.08. The topological polar surface area (TPSA) is 27.7 Å². The molecule has 0 saturated heterocycles. The molecule has 130 valence electrons. The van der Waals surface area contributed by atoms with Gasteiger partial charge in [0.1, 0.15) is 57.1 Å². The number of hydrogen-bond donors (Lipinski definition) is 0. The number of rotatable bonds is 10. The summed E-state index contributed by atoms with van der Waals surface area (Å²) in [6, 6.07) is 12.1. The van der Waals surface area contributed by atoms with E-state index in [0.29, 0.717) is 17.2 Å². The molecule has 0 radical (unpaired) electrons. The van der Waals surface area contributed by atoms with Gasteiger partial charge in [-0.05, 0) is 29.8 Å². The number of hydrogen-bond acceptors (Lipinski definition) is 3. The van der Waals surface area contributed by atoms with Gasteiger partial charge in [0.05, 0.1) is 0 Å². The molecule has 0 aliphatic rings. The Kier molecular flexibility index (Phi) is 7.26. The van der Waals surface area contributed by atoms with Crippen molar-refractivity contribution >= 4 is 0 Å². The quantitative estimate of drug-likeness (QED) is 0.642. The normalized spacial score (nSPS) is 10.5. The molecule has 0 fully saturated rings. The van der Waals surface area contributed by atoms with Gasteiger partial charge in [0.2, 0.25) is 0 Å². The van der Waals surface area contributed by atoms with Crippen molar-refractivity contribution in [1.29, 1.82) is 0 Å². The van der Waals surface area contributed by atoms with E-state index in [1.54, 1.807) is 42.5 Å². The van der Waals surface area contributed by atoms with E-state index in [4.69, 9.17) is 14.2 Å². The van der Waals surface area contributed by atoms with Gasteiger partial charge in [0.15, 0.2) is 0 Å². The van der Waals surface area contributed by atoms with E-state index in [1.165, 1.54) is 0 Å². The fourth-order valence-electron chi connectivity index (χ4n) is 2.14. The summed E-state index contributed by atoms with van der Waals surface area (Å²) in [4.78, 5) is 0. The van der Waals surface area contributed by atoms with Gasteiger partial charge in [-0.1, -0.05) is 12.1 Å². The maximum atomic E-state index is 12.4. The summed E-state index contributed by atoms with van der Waals surface area (Å²) in [5.74, 6) is 1.46. The van der Waals surface area contributed by atoms with Gasteiger partial charge >= 0.3 is 0 Å². The minimum atomic E-state index is -0.620. The highest BCUT2D eigenvalue weighted by molar-refractivity contribution is 5.72. The van der Waals surface area contributed by atoms with Gasteiger partial charge in [-0.25, -0.2) is 13.2 Å².